The van der Waals surface area contributed by atoms with E-state index in [0.717, 1.165) is 24.4 Å². The topological polar surface area (TPSA) is 83.0 Å². The van der Waals surface area contributed by atoms with Gasteiger partial charge in [0.2, 0.25) is 5.91 Å². The number of nitrogens with two attached hydrogens (primary N) is 1. The lowest BCUT2D eigenvalue weighted by Crippen LogP contribution is -2.18. The van der Waals surface area contributed by atoms with Gasteiger partial charge in [0.25, 0.3) is 0 Å². The molecule has 1 aromatic carbocycles. The van der Waals surface area contributed by atoms with Gasteiger partial charge in [-0.25, -0.2) is 9.67 Å². The number of amides is 1. The van der Waals surface area contributed by atoms with Gasteiger partial charge in [-0.05, 0) is 31.0 Å². The van der Waals surface area contributed by atoms with Crippen LogP contribution in [0.3, 0.4) is 0 Å². The van der Waals surface area contributed by atoms with Crippen LogP contribution in [0.4, 0.5) is 0 Å². The minimum Gasteiger partial charge on any atom is -0.368 e. The number of nitrogens with zero attached hydrogens (tertiary/aromatic N) is 3. The molecule has 2 N–H and O–H groups in total. The van der Waals surface area contributed by atoms with E-state index in [4.69, 9.17) is 22.1 Å². The Morgan fingerprint density at radius 3 is 2.95 bits per heavy atom. The summed E-state index contributed by atoms with van der Waals surface area (Å²) in [7, 11) is 0. The molecule has 0 radical (unpaired) electrons. The predicted molar refractivity (Wildman–Crippen MR) is 77.2 cm³/mol. The van der Waals surface area contributed by atoms with Crippen molar-refractivity contribution >= 4 is 17.5 Å². The van der Waals surface area contributed by atoms with Crippen molar-refractivity contribution in [1.29, 1.82) is 0 Å². The van der Waals surface area contributed by atoms with Gasteiger partial charge in [-0.15, -0.1) is 0 Å². The monoisotopic (exact) mass is 306 g/mol. The third-order valence-corrected chi connectivity index (χ3v) is 3.40. The third-order valence-electron chi connectivity index (χ3n) is 3.16. The van der Waals surface area contributed by atoms with Gasteiger partial charge in [0.15, 0.2) is 11.6 Å². The van der Waals surface area contributed by atoms with E-state index in [2.05, 4.69) is 10.1 Å². The summed E-state index contributed by atoms with van der Waals surface area (Å²) in [6.07, 6.45) is 2.22. The molecule has 110 valence electrons. The van der Waals surface area contributed by atoms with Gasteiger partial charge in [-0.1, -0.05) is 17.7 Å². The molecule has 1 aliphatic carbocycles. The van der Waals surface area contributed by atoms with E-state index in [1.54, 1.807) is 10.7 Å². The van der Waals surface area contributed by atoms with Crippen LogP contribution in [0.5, 0.6) is 0 Å². The molecule has 0 spiro atoms. The fourth-order valence-corrected chi connectivity index (χ4v) is 2.21. The maximum absolute atomic E-state index is 10.7. The van der Waals surface area contributed by atoms with Gasteiger partial charge in [0.05, 0.1) is 5.69 Å². The molecule has 1 aromatic heterocycles. The van der Waals surface area contributed by atoms with Crippen LogP contribution in [-0.2, 0) is 16.1 Å². The number of hydrogen-bond donors (Lipinski definition) is 1. The summed E-state index contributed by atoms with van der Waals surface area (Å²) in [4.78, 5) is 15.3. The summed E-state index contributed by atoms with van der Waals surface area (Å²) in [6, 6.07) is 7.36. The lowest BCUT2D eigenvalue weighted by molar-refractivity contribution is -0.122. The Hall–Kier alpha value is -1.92. The van der Waals surface area contributed by atoms with E-state index in [1.807, 2.05) is 18.2 Å². The molecular formula is C14H15ClN4O2. The van der Waals surface area contributed by atoms with Crippen molar-refractivity contribution < 1.29 is 9.53 Å². The van der Waals surface area contributed by atoms with Crippen molar-refractivity contribution in [2.24, 2.45) is 5.73 Å². The zero-order valence-electron chi connectivity index (χ0n) is 11.3. The van der Waals surface area contributed by atoms with Gasteiger partial charge in [0, 0.05) is 10.9 Å². The summed E-state index contributed by atoms with van der Waals surface area (Å²) < 4.78 is 6.96. The standard InChI is InChI=1S/C14H15ClN4O2/c15-10-2-1-3-11(6-10)19-13(8-21-7-12(16)20)17-14(18-19)9-4-5-9/h1-3,6,9H,4-5,7-8H2,(H2,16,20). The van der Waals surface area contributed by atoms with Gasteiger partial charge in [0.1, 0.15) is 13.2 Å². The first-order chi connectivity index (χ1) is 10.1. The minimum atomic E-state index is -0.508. The summed E-state index contributed by atoms with van der Waals surface area (Å²) >= 11 is 6.02. The Labute approximate surface area is 126 Å². The Bertz CT molecular complexity index is 667. The fourth-order valence-electron chi connectivity index (χ4n) is 2.03. The number of rotatable bonds is 6. The molecule has 21 heavy (non-hydrogen) atoms. The van der Waals surface area contributed by atoms with Crippen molar-refractivity contribution in [1.82, 2.24) is 14.8 Å². The SMILES string of the molecule is NC(=O)COCc1nc(C2CC2)nn1-c1cccc(Cl)c1. The molecule has 0 atom stereocenters. The number of benzene rings is 1. The lowest BCUT2D eigenvalue weighted by Gasteiger charge is -2.06. The molecule has 0 aliphatic heterocycles. The first-order valence-electron chi connectivity index (χ1n) is 6.71. The normalized spacial score (nSPS) is 14.3. The van der Waals surface area contributed by atoms with Gasteiger partial charge >= 0.3 is 0 Å². The van der Waals surface area contributed by atoms with Crippen LogP contribution in [0.2, 0.25) is 5.02 Å². The molecule has 0 bridgehead atoms. The minimum absolute atomic E-state index is 0.138. The maximum atomic E-state index is 10.7. The van der Waals surface area contributed by atoms with E-state index in [0.29, 0.717) is 16.8 Å². The van der Waals surface area contributed by atoms with Gasteiger partial charge in [-0.2, -0.15) is 5.10 Å². The highest BCUT2D eigenvalue weighted by Crippen LogP contribution is 2.38. The second-order valence-electron chi connectivity index (χ2n) is 5.01. The highest BCUT2D eigenvalue weighted by Gasteiger charge is 2.29. The van der Waals surface area contributed by atoms with Crippen molar-refractivity contribution in [3.8, 4) is 5.69 Å². The number of aromatic nitrogens is 3. The Kier molecular flexibility index (Phi) is 3.90. The van der Waals surface area contributed by atoms with Crippen LogP contribution in [0.25, 0.3) is 5.69 Å². The number of primary amides is 1. The van der Waals surface area contributed by atoms with Crippen LogP contribution in [0.1, 0.15) is 30.4 Å². The first-order valence-corrected chi connectivity index (χ1v) is 7.09. The summed E-state index contributed by atoms with van der Waals surface area (Å²) in [5.41, 5.74) is 5.88. The molecule has 0 unspecified atom stereocenters. The number of hydrogen-bond acceptors (Lipinski definition) is 4. The number of halogens is 1. The summed E-state index contributed by atoms with van der Waals surface area (Å²) in [5.74, 6) is 1.37. The zero-order chi connectivity index (χ0) is 14.8. The Morgan fingerprint density at radius 2 is 2.29 bits per heavy atom. The van der Waals surface area contributed by atoms with E-state index >= 15 is 0 Å². The Morgan fingerprint density at radius 1 is 1.48 bits per heavy atom. The van der Waals surface area contributed by atoms with Crippen molar-refractivity contribution in [3.05, 3.63) is 40.9 Å². The van der Waals surface area contributed by atoms with Crippen molar-refractivity contribution in [2.45, 2.75) is 25.4 Å². The summed E-state index contributed by atoms with van der Waals surface area (Å²) in [6.45, 7) is 0.0380. The van der Waals surface area contributed by atoms with Gasteiger partial charge < -0.3 is 10.5 Å². The highest BCUT2D eigenvalue weighted by molar-refractivity contribution is 6.30. The predicted octanol–water partition coefficient (Wildman–Crippen LogP) is 1.80. The smallest absolute Gasteiger partial charge is 0.243 e. The molecule has 2 aromatic rings. The maximum Gasteiger partial charge on any atom is 0.243 e. The zero-order valence-corrected chi connectivity index (χ0v) is 12.1. The second kappa shape index (κ2) is 5.83. The molecule has 1 amide bonds. The largest absolute Gasteiger partial charge is 0.368 e. The van der Waals surface area contributed by atoms with Crippen LogP contribution >= 0.6 is 11.6 Å². The van der Waals surface area contributed by atoms with Crippen LogP contribution < -0.4 is 5.73 Å². The van der Waals surface area contributed by atoms with E-state index in [1.165, 1.54) is 0 Å². The average Bonchev–Trinajstić information content (AvgIpc) is 3.20. The van der Waals surface area contributed by atoms with E-state index in [9.17, 15) is 4.79 Å². The molecule has 3 rings (SSSR count). The summed E-state index contributed by atoms with van der Waals surface area (Å²) in [5, 5.41) is 5.16. The number of carbonyl (C=O) groups is 1. The van der Waals surface area contributed by atoms with Crippen LogP contribution in [0.15, 0.2) is 24.3 Å². The highest BCUT2D eigenvalue weighted by atomic mass is 35.5. The van der Waals surface area contributed by atoms with Crippen LogP contribution in [0, 0.1) is 0 Å². The first kappa shape index (κ1) is 14.0. The number of ether oxygens (including phenoxy) is 1. The lowest BCUT2D eigenvalue weighted by atomic mass is 10.3. The fraction of sp³-hybridized carbons (Fsp3) is 0.357. The second-order valence-corrected chi connectivity index (χ2v) is 5.45. The van der Waals surface area contributed by atoms with E-state index in [-0.39, 0.29) is 13.2 Å². The molecule has 0 saturated heterocycles. The molecule has 1 heterocycles. The van der Waals surface area contributed by atoms with Crippen molar-refractivity contribution in [2.75, 3.05) is 6.61 Å². The van der Waals surface area contributed by atoms with Crippen molar-refractivity contribution in [3.63, 3.8) is 0 Å². The quantitative estimate of drug-likeness (QED) is 0.882. The average molecular weight is 307 g/mol. The number of carbonyl (C=O) groups excluding carboxylic acids is 1. The molecule has 6 nitrogen and oxygen atoms in total. The molecule has 1 aliphatic rings. The van der Waals surface area contributed by atoms with E-state index < -0.39 is 5.91 Å². The van der Waals surface area contributed by atoms with Gasteiger partial charge in [-0.3, -0.25) is 4.79 Å². The molecular weight excluding hydrogens is 292 g/mol. The molecule has 1 fully saturated rings. The molecule has 1 saturated carbocycles. The van der Waals surface area contributed by atoms with Crippen LogP contribution in [-0.4, -0.2) is 27.3 Å². The third kappa shape index (κ3) is 3.40. The molecule has 7 heteroatoms. The Balaban J connectivity index is 1.87.